The first-order valence-electron chi connectivity index (χ1n) is 7.40. The molecule has 22 heavy (non-hydrogen) atoms. The predicted molar refractivity (Wildman–Crippen MR) is 87.7 cm³/mol. The molecule has 0 fully saturated rings. The van der Waals surface area contributed by atoms with Crippen LogP contribution in [-0.4, -0.2) is 22.1 Å². The summed E-state index contributed by atoms with van der Waals surface area (Å²) in [5, 5.41) is 21.0. The van der Waals surface area contributed by atoms with Crippen LogP contribution in [0.15, 0.2) is 42.7 Å². The second-order valence-corrected chi connectivity index (χ2v) is 5.57. The van der Waals surface area contributed by atoms with Crippen LogP contribution in [0.3, 0.4) is 0 Å². The maximum absolute atomic E-state index is 12.5. The molecule has 0 radical (unpaired) electrons. The van der Waals surface area contributed by atoms with Crippen molar-refractivity contribution in [1.29, 1.82) is 0 Å². The summed E-state index contributed by atoms with van der Waals surface area (Å²) in [5.74, 6) is -0.895. The normalized spacial score (nSPS) is 19.5. The second-order valence-electron chi connectivity index (χ2n) is 5.57. The molecule has 2 aliphatic rings. The number of carbonyl (C=O) groups is 1. The van der Waals surface area contributed by atoms with Crippen LogP contribution < -0.4 is 10.4 Å². The van der Waals surface area contributed by atoms with Crippen LogP contribution in [0.25, 0.3) is 17.7 Å². The van der Waals surface area contributed by atoms with E-state index in [1.807, 2.05) is 30.4 Å². The highest BCUT2D eigenvalue weighted by Gasteiger charge is 2.19. The van der Waals surface area contributed by atoms with Gasteiger partial charge in [-0.1, -0.05) is 49.1 Å². The summed E-state index contributed by atoms with van der Waals surface area (Å²) in [7, 11) is 0. The smallest absolute Gasteiger partial charge is 0.227 e. The van der Waals surface area contributed by atoms with Gasteiger partial charge in [-0.3, -0.25) is 4.79 Å². The maximum atomic E-state index is 12.5. The number of allylic oxidation sites excluding steroid dienone is 3. The van der Waals surface area contributed by atoms with Crippen molar-refractivity contribution in [2.45, 2.75) is 25.4 Å². The lowest BCUT2D eigenvalue weighted by atomic mass is 9.89. The topological polar surface area (TPSA) is 57.5 Å². The van der Waals surface area contributed by atoms with E-state index >= 15 is 0 Å². The van der Waals surface area contributed by atoms with Crippen molar-refractivity contribution in [1.82, 2.24) is 0 Å². The zero-order valence-corrected chi connectivity index (χ0v) is 12.2. The number of carbonyl (C=O) groups excluding carboxylic acids is 1. The molecule has 1 aromatic rings. The van der Waals surface area contributed by atoms with E-state index in [0.29, 0.717) is 12.0 Å². The van der Waals surface area contributed by atoms with Crippen LogP contribution in [0.2, 0.25) is 0 Å². The standard InChI is InChI=1S/C19H18O3/c1-12(20)19(22)18-16-5-3-2-4-13(16)8-11-17(18)14-6-9-15(21)10-7-14/h4-9,11,15,20-21H,1-3,10H2. The Kier molecular flexibility index (Phi) is 3.82. The van der Waals surface area contributed by atoms with Crippen molar-refractivity contribution in [3.63, 3.8) is 0 Å². The Morgan fingerprint density at radius 3 is 2.64 bits per heavy atom. The molecule has 0 saturated carbocycles. The van der Waals surface area contributed by atoms with E-state index in [9.17, 15) is 15.0 Å². The molecule has 0 amide bonds. The molecule has 0 aliphatic heterocycles. The molecule has 3 rings (SSSR count). The van der Waals surface area contributed by atoms with E-state index in [0.717, 1.165) is 34.4 Å². The largest absolute Gasteiger partial charge is 0.505 e. The average Bonchev–Trinajstić information content (AvgIpc) is 2.54. The van der Waals surface area contributed by atoms with Crippen LogP contribution in [-0.2, 0) is 0 Å². The lowest BCUT2D eigenvalue weighted by molar-refractivity contribution is 0.0977. The molecule has 0 aromatic heterocycles. The van der Waals surface area contributed by atoms with Crippen LogP contribution in [0.4, 0.5) is 0 Å². The second kappa shape index (κ2) is 5.78. The van der Waals surface area contributed by atoms with E-state index < -0.39 is 17.6 Å². The van der Waals surface area contributed by atoms with Crippen LogP contribution >= 0.6 is 0 Å². The average molecular weight is 294 g/mol. The molecule has 112 valence electrons. The quantitative estimate of drug-likeness (QED) is 0.509. The van der Waals surface area contributed by atoms with Crippen LogP contribution in [0.5, 0.6) is 0 Å². The third kappa shape index (κ3) is 2.55. The molecule has 0 heterocycles. The highest BCUT2D eigenvalue weighted by Crippen LogP contribution is 2.24. The van der Waals surface area contributed by atoms with Crippen LogP contribution in [0.1, 0.15) is 35.2 Å². The SMILES string of the molecule is C=C(O)C(=O)c1c(C2=CCC(O)C=C2)ccc2c1=CCCC=2. The molecular weight excluding hydrogens is 276 g/mol. The molecule has 2 aliphatic carbocycles. The number of benzene rings is 1. The van der Waals surface area contributed by atoms with Gasteiger partial charge in [-0.2, -0.15) is 0 Å². The number of ketones is 1. The number of hydrogen-bond donors (Lipinski definition) is 2. The van der Waals surface area contributed by atoms with Crippen molar-refractivity contribution in [2.24, 2.45) is 0 Å². The van der Waals surface area contributed by atoms with Crippen molar-refractivity contribution >= 4 is 23.5 Å². The zero-order valence-electron chi connectivity index (χ0n) is 12.2. The van der Waals surface area contributed by atoms with E-state index in [2.05, 4.69) is 12.7 Å². The summed E-state index contributed by atoms with van der Waals surface area (Å²) >= 11 is 0. The number of aliphatic hydroxyl groups excluding tert-OH is 2. The summed E-state index contributed by atoms with van der Waals surface area (Å²) in [6.07, 6.45) is 11.5. The monoisotopic (exact) mass is 294 g/mol. The van der Waals surface area contributed by atoms with E-state index in [-0.39, 0.29) is 0 Å². The van der Waals surface area contributed by atoms with Gasteiger partial charge in [0, 0.05) is 5.56 Å². The Labute approximate surface area is 128 Å². The molecule has 1 aromatic carbocycles. The molecule has 0 saturated heterocycles. The lowest BCUT2D eigenvalue weighted by Crippen LogP contribution is -2.34. The van der Waals surface area contributed by atoms with Crippen LogP contribution in [0, 0.1) is 0 Å². The van der Waals surface area contributed by atoms with E-state index in [1.54, 1.807) is 6.08 Å². The van der Waals surface area contributed by atoms with Gasteiger partial charge in [-0.15, -0.1) is 0 Å². The first kappa shape index (κ1) is 14.5. The Hall–Kier alpha value is -2.39. The molecule has 1 atom stereocenters. The number of Topliss-reactive ketones (excluding diaryl/α,β-unsaturated/α-hetero) is 1. The fraction of sp³-hybridized carbons (Fsp3) is 0.211. The van der Waals surface area contributed by atoms with Crippen molar-refractivity contribution in [3.05, 3.63) is 64.3 Å². The Morgan fingerprint density at radius 1 is 1.18 bits per heavy atom. The lowest BCUT2D eigenvalue weighted by Gasteiger charge is -2.16. The molecular formula is C19H18O3. The number of rotatable bonds is 3. The minimum absolute atomic E-state index is 0.446. The Balaban J connectivity index is 2.26. The minimum atomic E-state index is -0.478. The highest BCUT2D eigenvalue weighted by atomic mass is 16.3. The predicted octanol–water partition coefficient (Wildman–Crippen LogP) is 2.00. The van der Waals surface area contributed by atoms with E-state index in [4.69, 9.17) is 0 Å². The Morgan fingerprint density at radius 2 is 1.95 bits per heavy atom. The van der Waals surface area contributed by atoms with Gasteiger partial charge in [0.25, 0.3) is 0 Å². The summed E-state index contributed by atoms with van der Waals surface area (Å²) in [5.41, 5.74) is 2.15. The summed E-state index contributed by atoms with van der Waals surface area (Å²) in [4.78, 5) is 12.5. The summed E-state index contributed by atoms with van der Waals surface area (Å²) in [6, 6.07) is 3.90. The third-order valence-electron chi connectivity index (χ3n) is 4.04. The first-order valence-corrected chi connectivity index (χ1v) is 7.40. The van der Waals surface area contributed by atoms with Crippen molar-refractivity contribution in [2.75, 3.05) is 0 Å². The van der Waals surface area contributed by atoms with Gasteiger partial charge in [0.15, 0.2) is 5.76 Å². The van der Waals surface area contributed by atoms with E-state index in [1.165, 1.54) is 0 Å². The molecule has 0 bridgehead atoms. The van der Waals surface area contributed by atoms with Gasteiger partial charge in [0.1, 0.15) is 0 Å². The fourth-order valence-electron chi connectivity index (χ4n) is 2.94. The minimum Gasteiger partial charge on any atom is -0.505 e. The molecule has 0 spiro atoms. The fourth-order valence-corrected chi connectivity index (χ4v) is 2.94. The molecule has 2 N–H and O–H groups in total. The van der Waals surface area contributed by atoms with Gasteiger partial charge >= 0.3 is 0 Å². The number of hydrogen-bond acceptors (Lipinski definition) is 3. The maximum Gasteiger partial charge on any atom is 0.227 e. The molecule has 3 nitrogen and oxygen atoms in total. The first-order chi connectivity index (χ1) is 10.6. The van der Waals surface area contributed by atoms with Gasteiger partial charge in [-0.25, -0.2) is 0 Å². The number of aliphatic hydroxyl groups is 2. The van der Waals surface area contributed by atoms with Gasteiger partial charge in [0.2, 0.25) is 5.78 Å². The van der Waals surface area contributed by atoms with Gasteiger partial charge < -0.3 is 10.2 Å². The molecule has 1 unspecified atom stereocenters. The van der Waals surface area contributed by atoms with Crippen molar-refractivity contribution < 1.29 is 15.0 Å². The summed E-state index contributed by atoms with van der Waals surface area (Å²) in [6.45, 7) is 3.38. The number of fused-ring (bicyclic) bond motifs is 1. The Bertz CT molecular complexity index is 825. The zero-order chi connectivity index (χ0) is 15.7. The van der Waals surface area contributed by atoms with Crippen molar-refractivity contribution in [3.8, 4) is 0 Å². The third-order valence-corrected chi connectivity index (χ3v) is 4.04. The molecule has 3 heteroatoms. The summed E-state index contributed by atoms with van der Waals surface area (Å²) < 4.78 is 0. The van der Waals surface area contributed by atoms with Gasteiger partial charge in [0.05, 0.1) is 6.10 Å². The van der Waals surface area contributed by atoms with Gasteiger partial charge in [-0.05, 0) is 40.8 Å². The highest BCUT2D eigenvalue weighted by molar-refractivity contribution is 6.10.